The molecule has 2 aliphatic carbocycles. The highest BCUT2D eigenvalue weighted by atomic mass is 32.2. The predicted molar refractivity (Wildman–Crippen MR) is 130 cm³/mol. The van der Waals surface area contributed by atoms with Gasteiger partial charge in [-0.2, -0.15) is 0 Å². The standard InChI is InChI=1S/C26H32FN3O3S/c1-28-26(20-6-4-3-5-7-20)14-12-25(13-15-26)18-29(24(31)30(25)17-19-8-9-19)23-11-10-21(16-22(23)27)34(2,32)33/h3-7,10-11,16,19,28H,8-9,12-15,17-18H2,1-2H3/t25-,26+. The van der Waals surface area contributed by atoms with Crippen molar-refractivity contribution in [3.8, 4) is 0 Å². The van der Waals surface area contributed by atoms with Crippen LogP contribution in [0, 0.1) is 11.7 Å². The van der Waals surface area contributed by atoms with Gasteiger partial charge < -0.3 is 10.2 Å². The number of urea groups is 1. The molecule has 0 aromatic heterocycles. The SMILES string of the molecule is CN[C@]1(c2ccccc2)CC[C@]2(CC1)CN(c1ccc(S(C)(=O)=O)cc1F)C(=O)N2CC1CC1. The van der Waals surface area contributed by atoms with E-state index < -0.39 is 15.7 Å². The van der Waals surface area contributed by atoms with Crippen molar-refractivity contribution in [2.45, 2.75) is 54.5 Å². The first kappa shape index (κ1) is 23.3. The number of amides is 2. The molecule has 1 heterocycles. The molecule has 0 atom stereocenters. The maximum atomic E-state index is 15.1. The summed E-state index contributed by atoms with van der Waals surface area (Å²) >= 11 is 0. The normalized spacial score (nSPS) is 27.6. The van der Waals surface area contributed by atoms with E-state index in [1.165, 1.54) is 22.6 Å². The molecule has 1 spiro atoms. The average Bonchev–Trinajstić information content (AvgIpc) is 3.61. The van der Waals surface area contributed by atoms with Crippen molar-refractivity contribution < 1.29 is 17.6 Å². The molecule has 2 aromatic rings. The molecule has 2 amide bonds. The molecule has 1 N–H and O–H groups in total. The fraction of sp³-hybridized carbons (Fsp3) is 0.500. The van der Waals surface area contributed by atoms with E-state index in [-0.39, 0.29) is 27.7 Å². The first-order valence-electron chi connectivity index (χ1n) is 12.0. The minimum atomic E-state index is -3.53. The number of rotatable bonds is 6. The van der Waals surface area contributed by atoms with Gasteiger partial charge in [0.05, 0.1) is 22.7 Å². The van der Waals surface area contributed by atoms with Gasteiger partial charge in [0.2, 0.25) is 0 Å². The van der Waals surface area contributed by atoms with E-state index in [0.717, 1.165) is 50.8 Å². The van der Waals surface area contributed by atoms with Gasteiger partial charge in [0.1, 0.15) is 5.82 Å². The fourth-order valence-corrected chi connectivity index (χ4v) is 6.39. The highest BCUT2D eigenvalue weighted by Crippen LogP contribution is 2.49. The first-order chi connectivity index (χ1) is 16.2. The van der Waals surface area contributed by atoms with Gasteiger partial charge in [-0.3, -0.25) is 4.90 Å². The number of sulfone groups is 1. The largest absolute Gasteiger partial charge is 0.325 e. The van der Waals surface area contributed by atoms with Crippen LogP contribution in [0.3, 0.4) is 0 Å². The third kappa shape index (κ3) is 4.01. The van der Waals surface area contributed by atoms with Crippen LogP contribution in [0.2, 0.25) is 0 Å². The highest BCUT2D eigenvalue weighted by molar-refractivity contribution is 7.90. The molecular weight excluding hydrogens is 453 g/mol. The second kappa shape index (κ2) is 8.34. The zero-order chi connectivity index (χ0) is 24.1. The van der Waals surface area contributed by atoms with Crippen molar-refractivity contribution in [1.29, 1.82) is 0 Å². The Kier molecular flexibility index (Phi) is 5.72. The lowest BCUT2D eigenvalue weighted by atomic mass is 9.69. The lowest BCUT2D eigenvalue weighted by molar-refractivity contribution is 0.0762. The van der Waals surface area contributed by atoms with Crippen LogP contribution in [0.1, 0.15) is 44.1 Å². The second-order valence-electron chi connectivity index (χ2n) is 10.2. The second-order valence-corrected chi connectivity index (χ2v) is 12.2. The smallest absolute Gasteiger partial charge is 0.317 e. The van der Waals surface area contributed by atoms with Crippen molar-refractivity contribution in [3.05, 3.63) is 59.9 Å². The Morgan fingerprint density at radius 2 is 1.74 bits per heavy atom. The summed E-state index contributed by atoms with van der Waals surface area (Å²) < 4.78 is 38.8. The van der Waals surface area contributed by atoms with Crippen molar-refractivity contribution in [3.63, 3.8) is 0 Å². The Hall–Kier alpha value is -2.45. The molecule has 5 rings (SSSR count). The Bertz CT molecular complexity index is 1190. The van der Waals surface area contributed by atoms with Crippen LogP contribution in [-0.2, 0) is 15.4 Å². The number of hydrogen-bond acceptors (Lipinski definition) is 4. The van der Waals surface area contributed by atoms with E-state index in [4.69, 9.17) is 0 Å². The summed E-state index contributed by atoms with van der Waals surface area (Å²) in [5.74, 6) is -0.160. The van der Waals surface area contributed by atoms with Gasteiger partial charge in [-0.05, 0) is 75.3 Å². The number of nitrogens with one attached hydrogen (secondary N) is 1. The third-order valence-corrected chi connectivity index (χ3v) is 9.21. The summed E-state index contributed by atoms with van der Waals surface area (Å²) in [6.07, 6.45) is 6.71. The number of nitrogens with zero attached hydrogens (tertiary/aromatic N) is 2. The molecule has 3 fully saturated rings. The van der Waals surface area contributed by atoms with Crippen LogP contribution < -0.4 is 10.2 Å². The molecule has 2 saturated carbocycles. The van der Waals surface area contributed by atoms with Gasteiger partial charge in [0.15, 0.2) is 9.84 Å². The Morgan fingerprint density at radius 3 is 2.29 bits per heavy atom. The molecule has 0 bridgehead atoms. The Morgan fingerprint density at radius 1 is 1.06 bits per heavy atom. The van der Waals surface area contributed by atoms with Gasteiger partial charge in [-0.25, -0.2) is 17.6 Å². The molecule has 8 heteroatoms. The predicted octanol–water partition coefficient (Wildman–Crippen LogP) is 4.31. The van der Waals surface area contributed by atoms with Crippen LogP contribution in [0.15, 0.2) is 53.4 Å². The molecule has 34 heavy (non-hydrogen) atoms. The van der Waals surface area contributed by atoms with Crippen LogP contribution in [0.5, 0.6) is 0 Å². The lowest BCUT2D eigenvalue weighted by Crippen LogP contribution is -2.55. The summed E-state index contributed by atoms with van der Waals surface area (Å²) in [4.78, 5) is 17.1. The average molecular weight is 486 g/mol. The molecule has 3 aliphatic rings. The van der Waals surface area contributed by atoms with Crippen LogP contribution >= 0.6 is 0 Å². The minimum absolute atomic E-state index is 0.0794. The zero-order valence-corrected chi connectivity index (χ0v) is 20.6. The van der Waals surface area contributed by atoms with Gasteiger partial charge in [0.25, 0.3) is 0 Å². The Balaban J connectivity index is 1.45. The lowest BCUT2D eigenvalue weighted by Gasteiger charge is -2.48. The molecule has 182 valence electrons. The van der Waals surface area contributed by atoms with E-state index in [0.29, 0.717) is 19.0 Å². The quantitative estimate of drug-likeness (QED) is 0.662. The van der Waals surface area contributed by atoms with Gasteiger partial charge in [0, 0.05) is 18.3 Å². The highest BCUT2D eigenvalue weighted by Gasteiger charge is 2.55. The molecule has 1 aliphatic heterocycles. The number of anilines is 1. The van der Waals surface area contributed by atoms with Gasteiger partial charge in [-0.15, -0.1) is 0 Å². The van der Waals surface area contributed by atoms with E-state index in [1.807, 2.05) is 18.0 Å². The van der Waals surface area contributed by atoms with Crippen LogP contribution in [0.4, 0.5) is 14.9 Å². The molecule has 0 unspecified atom stereocenters. The summed E-state index contributed by atoms with van der Waals surface area (Å²) in [6.45, 7) is 1.12. The van der Waals surface area contributed by atoms with E-state index in [9.17, 15) is 13.2 Å². The van der Waals surface area contributed by atoms with Gasteiger partial charge in [-0.1, -0.05) is 30.3 Å². The van der Waals surface area contributed by atoms with Crippen LogP contribution in [0.25, 0.3) is 0 Å². The first-order valence-corrected chi connectivity index (χ1v) is 13.9. The van der Waals surface area contributed by atoms with Crippen molar-refractivity contribution in [2.75, 3.05) is 31.3 Å². The summed E-state index contributed by atoms with van der Waals surface area (Å²) in [7, 11) is -1.53. The summed E-state index contributed by atoms with van der Waals surface area (Å²) in [6, 6.07) is 14.1. The van der Waals surface area contributed by atoms with E-state index in [2.05, 4.69) is 29.6 Å². The van der Waals surface area contributed by atoms with Gasteiger partial charge >= 0.3 is 6.03 Å². The van der Waals surface area contributed by atoms with Crippen LogP contribution in [-0.4, -0.2) is 51.3 Å². The van der Waals surface area contributed by atoms with E-state index in [1.54, 1.807) is 0 Å². The monoisotopic (exact) mass is 485 g/mol. The maximum Gasteiger partial charge on any atom is 0.325 e. The molecule has 6 nitrogen and oxygen atoms in total. The minimum Gasteiger partial charge on any atom is -0.317 e. The van der Waals surface area contributed by atoms with Crippen molar-refractivity contribution >= 4 is 21.6 Å². The summed E-state index contributed by atoms with van der Waals surface area (Å²) in [5.41, 5.74) is 0.918. The third-order valence-electron chi connectivity index (χ3n) is 8.10. The molecule has 1 saturated heterocycles. The maximum absolute atomic E-state index is 15.1. The number of carbonyl (C=O) groups is 1. The molecular formula is C26H32FN3O3S. The topological polar surface area (TPSA) is 69.7 Å². The summed E-state index contributed by atoms with van der Waals surface area (Å²) in [5, 5.41) is 3.56. The Labute approximate surface area is 201 Å². The number of benzene rings is 2. The number of halogens is 1. The fourth-order valence-electron chi connectivity index (χ4n) is 5.76. The molecule has 2 aromatic carbocycles. The van der Waals surface area contributed by atoms with E-state index >= 15 is 4.39 Å². The molecule has 0 radical (unpaired) electrons. The zero-order valence-electron chi connectivity index (χ0n) is 19.8. The number of hydrogen-bond donors (Lipinski definition) is 1. The van der Waals surface area contributed by atoms with Crippen molar-refractivity contribution in [2.24, 2.45) is 5.92 Å². The number of carbonyl (C=O) groups excluding carboxylic acids is 1. The van der Waals surface area contributed by atoms with Crippen molar-refractivity contribution in [1.82, 2.24) is 10.2 Å².